The second kappa shape index (κ2) is 11.4. The number of hydrogen-bond acceptors (Lipinski definition) is 5. The van der Waals surface area contributed by atoms with Gasteiger partial charge in [0.05, 0.1) is 22.8 Å². The highest BCUT2D eigenvalue weighted by Crippen LogP contribution is 2.33. The van der Waals surface area contributed by atoms with Crippen LogP contribution in [-0.4, -0.2) is 29.7 Å². The monoisotopic (exact) mass is 578 g/mol. The molecule has 0 radical (unpaired) electrons. The molecule has 8 aromatic rings. The average Bonchev–Trinajstić information content (AvgIpc) is 3.58. The summed E-state index contributed by atoms with van der Waals surface area (Å²) < 4.78 is 2.07. The number of benzene rings is 4. The van der Waals surface area contributed by atoms with Crippen LogP contribution in [-0.2, 0) is 0 Å². The van der Waals surface area contributed by atoms with E-state index in [0.717, 1.165) is 45.4 Å². The van der Waals surface area contributed by atoms with E-state index in [0.29, 0.717) is 11.5 Å². The molecule has 0 fully saturated rings. The summed E-state index contributed by atoms with van der Waals surface area (Å²) >= 11 is 0. The summed E-state index contributed by atoms with van der Waals surface area (Å²) in [6, 6.07) is 51.2. The van der Waals surface area contributed by atoms with E-state index >= 15 is 0 Å². The Morgan fingerprint density at radius 1 is 0.400 bits per heavy atom. The Bertz CT molecular complexity index is 2250. The maximum absolute atomic E-state index is 5.02. The smallest absolute Gasteiger partial charge is 0.187 e. The van der Waals surface area contributed by atoms with Gasteiger partial charge in [-0.05, 0) is 70.4 Å². The maximum Gasteiger partial charge on any atom is 0.187 e. The fraction of sp³-hybridized carbons (Fsp3) is 0. The van der Waals surface area contributed by atoms with Crippen LogP contribution >= 0.6 is 0 Å². The molecular weight excluding hydrogens is 552 g/mol. The molecule has 0 saturated carbocycles. The van der Waals surface area contributed by atoms with Gasteiger partial charge in [-0.15, -0.1) is 10.2 Å². The van der Waals surface area contributed by atoms with Crippen molar-refractivity contribution in [1.82, 2.24) is 29.7 Å². The topological polar surface area (TPSA) is 69.4 Å². The Kier molecular flexibility index (Phi) is 6.70. The summed E-state index contributed by atoms with van der Waals surface area (Å²) in [5, 5.41) is 11.8. The highest BCUT2D eigenvalue weighted by atomic mass is 15.3. The Labute approximate surface area is 260 Å². The number of fused-ring (bicyclic) bond motifs is 1. The number of rotatable bonds is 6. The Balaban J connectivity index is 1.20. The molecule has 0 amide bonds. The third-order valence-corrected chi connectivity index (χ3v) is 7.84. The van der Waals surface area contributed by atoms with E-state index in [1.807, 2.05) is 72.8 Å². The summed E-state index contributed by atoms with van der Waals surface area (Å²) in [6.45, 7) is 0. The Morgan fingerprint density at radius 2 is 0.978 bits per heavy atom. The number of aromatic nitrogens is 6. The minimum Gasteiger partial charge on any atom is -0.274 e. The van der Waals surface area contributed by atoms with Crippen molar-refractivity contribution in [3.63, 3.8) is 0 Å². The van der Waals surface area contributed by atoms with Crippen LogP contribution in [0.5, 0.6) is 0 Å². The highest BCUT2D eigenvalue weighted by Gasteiger charge is 2.19. The zero-order valence-corrected chi connectivity index (χ0v) is 24.2. The Morgan fingerprint density at radius 3 is 1.76 bits per heavy atom. The van der Waals surface area contributed by atoms with Crippen LogP contribution in [0.2, 0.25) is 0 Å². The SMILES string of the molecule is c1ccc(-n2c(-c3ccc(-c4cccc5ccccc45)cc3)nnc2-c2cccc(-c3cccc(-c4ccccn4)n3)n2)cc1. The molecule has 0 atom stereocenters. The van der Waals surface area contributed by atoms with E-state index in [4.69, 9.17) is 15.1 Å². The van der Waals surface area contributed by atoms with Crippen LogP contribution < -0.4 is 0 Å². The standard InChI is InChI=1S/C39H26N6/c1-2-13-30(14-3-1)45-38(29-24-22-28(23-25-29)32-16-8-12-27-11-4-5-15-31(27)32)43-44-39(45)37-21-10-20-36(42-37)35-19-9-18-34(41-35)33-17-6-7-26-40-33/h1-26H. The van der Waals surface area contributed by atoms with Gasteiger partial charge in [0, 0.05) is 17.4 Å². The molecule has 4 aromatic heterocycles. The van der Waals surface area contributed by atoms with E-state index in [1.165, 1.54) is 16.3 Å². The first kappa shape index (κ1) is 26.4. The molecule has 8 rings (SSSR count). The lowest BCUT2D eigenvalue weighted by Gasteiger charge is -2.12. The zero-order chi connectivity index (χ0) is 30.0. The average molecular weight is 579 g/mol. The summed E-state index contributed by atoms with van der Waals surface area (Å²) in [6.07, 6.45) is 1.77. The molecule has 6 heteroatoms. The van der Waals surface area contributed by atoms with Crippen molar-refractivity contribution < 1.29 is 0 Å². The third kappa shape index (κ3) is 5.04. The summed E-state index contributed by atoms with van der Waals surface area (Å²) in [4.78, 5) is 14.3. The minimum absolute atomic E-state index is 0.650. The van der Waals surface area contributed by atoms with Gasteiger partial charge in [0.1, 0.15) is 5.69 Å². The van der Waals surface area contributed by atoms with Crippen LogP contribution in [0.1, 0.15) is 0 Å². The molecule has 0 aliphatic heterocycles. The van der Waals surface area contributed by atoms with E-state index in [2.05, 4.69) is 93.5 Å². The second-order valence-electron chi connectivity index (χ2n) is 10.7. The quantitative estimate of drug-likeness (QED) is 0.197. The van der Waals surface area contributed by atoms with Crippen LogP contribution in [0.15, 0.2) is 158 Å². The van der Waals surface area contributed by atoms with Gasteiger partial charge in [0.2, 0.25) is 0 Å². The third-order valence-electron chi connectivity index (χ3n) is 7.84. The number of hydrogen-bond donors (Lipinski definition) is 0. The predicted molar refractivity (Wildman–Crippen MR) is 179 cm³/mol. The molecule has 0 bridgehead atoms. The van der Waals surface area contributed by atoms with Crippen molar-refractivity contribution in [1.29, 1.82) is 0 Å². The van der Waals surface area contributed by atoms with Gasteiger partial charge in [-0.1, -0.05) is 103 Å². The van der Waals surface area contributed by atoms with E-state index in [-0.39, 0.29) is 0 Å². The highest BCUT2D eigenvalue weighted by molar-refractivity contribution is 5.96. The lowest BCUT2D eigenvalue weighted by atomic mass is 9.97. The molecule has 212 valence electrons. The summed E-state index contributed by atoms with van der Waals surface area (Å²) in [5.74, 6) is 1.39. The molecule has 0 N–H and O–H groups in total. The van der Waals surface area contributed by atoms with Crippen LogP contribution in [0, 0.1) is 0 Å². The predicted octanol–water partition coefficient (Wildman–Crippen LogP) is 8.94. The molecule has 6 nitrogen and oxygen atoms in total. The second-order valence-corrected chi connectivity index (χ2v) is 10.7. The first-order chi connectivity index (χ1) is 22.3. The lowest BCUT2D eigenvalue weighted by Crippen LogP contribution is -2.02. The molecular formula is C39H26N6. The van der Waals surface area contributed by atoms with Crippen molar-refractivity contribution in [2.75, 3.05) is 0 Å². The van der Waals surface area contributed by atoms with Crippen LogP contribution in [0.3, 0.4) is 0 Å². The fourth-order valence-electron chi connectivity index (χ4n) is 5.67. The van der Waals surface area contributed by atoms with Crippen molar-refractivity contribution in [2.24, 2.45) is 0 Å². The zero-order valence-electron chi connectivity index (χ0n) is 24.2. The van der Waals surface area contributed by atoms with E-state index < -0.39 is 0 Å². The van der Waals surface area contributed by atoms with Gasteiger partial charge >= 0.3 is 0 Å². The molecule has 4 heterocycles. The van der Waals surface area contributed by atoms with Crippen LogP contribution in [0.25, 0.3) is 73.3 Å². The van der Waals surface area contributed by atoms with Crippen molar-refractivity contribution >= 4 is 10.8 Å². The molecule has 0 aliphatic rings. The Hall–Kier alpha value is -6.27. The number of pyridine rings is 3. The maximum atomic E-state index is 5.02. The molecule has 0 unspecified atom stereocenters. The van der Waals surface area contributed by atoms with Gasteiger partial charge in [0.25, 0.3) is 0 Å². The van der Waals surface area contributed by atoms with Crippen molar-refractivity contribution in [2.45, 2.75) is 0 Å². The van der Waals surface area contributed by atoms with E-state index in [1.54, 1.807) is 6.20 Å². The summed E-state index contributed by atoms with van der Waals surface area (Å²) in [7, 11) is 0. The number of para-hydroxylation sites is 1. The van der Waals surface area contributed by atoms with Crippen molar-refractivity contribution in [3.05, 3.63) is 158 Å². The van der Waals surface area contributed by atoms with Gasteiger partial charge in [-0.2, -0.15) is 0 Å². The molecule has 0 aliphatic carbocycles. The minimum atomic E-state index is 0.650. The van der Waals surface area contributed by atoms with Crippen LogP contribution in [0.4, 0.5) is 0 Å². The van der Waals surface area contributed by atoms with Crippen molar-refractivity contribution in [3.8, 4) is 62.5 Å². The normalized spacial score (nSPS) is 11.1. The van der Waals surface area contributed by atoms with Gasteiger partial charge in [-0.25, -0.2) is 9.97 Å². The first-order valence-electron chi connectivity index (χ1n) is 14.8. The summed E-state index contributed by atoms with van der Waals surface area (Å²) in [5.41, 5.74) is 8.08. The largest absolute Gasteiger partial charge is 0.274 e. The fourth-order valence-corrected chi connectivity index (χ4v) is 5.67. The van der Waals surface area contributed by atoms with E-state index in [9.17, 15) is 0 Å². The van der Waals surface area contributed by atoms with Gasteiger partial charge in [0.15, 0.2) is 11.6 Å². The molecule has 4 aromatic carbocycles. The number of nitrogens with zero attached hydrogens (tertiary/aromatic N) is 6. The van der Waals surface area contributed by atoms with Gasteiger partial charge < -0.3 is 0 Å². The lowest BCUT2D eigenvalue weighted by molar-refractivity contribution is 1.06. The van der Waals surface area contributed by atoms with Gasteiger partial charge in [-0.3, -0.25) is 9.55 Å². The first-order valence-corrected chi connectivity index (χ1v) is 14.8. The molecule has 45 heavy (non-hydrogen) atoms. The molecule has 0 spiro atoms. The molecule has 0 saturated heterocycles.